The number of carbonyl (C=O) groups excluding carboxylic acids is 2. The molecule has 176 valence electrons. The van der Waals surface area contributed by atoms with E-state index in [0.29, 0.717) is 5.69 Å². The summed E-state index contributed by atoms with van der Waals surface area (Å²) in [6.45, 7) is 13.6. The maximum Gasteiger partial charge on any atom is 0.270 e. The third-order valence-corrected chi connectivity index (χ3v) is 6.74. The first-order chi connectivity index (χ1) is 16.0. The number of anilines is 2. The number of amides is 2. The van der Waals surface area contributed by atoms with E-state index in [1.54, 1.807) is 6.08 Å². The number of nitrogens with one attached hydrogen (secondary N) is 1. The molecule has 1 fully saturated rings. The lowest BCUT2D eigenvalue weighted by atomic mass is 9.87. The average Bonchev–Trinajstić information content (AvgIpc) is 2.75. The van der Waals surface area contributed by atoms with E-state index in [1.165, 1.54) is 16.2 Å². The van der Waals surface area contributed by atoms with Crippen LogP contribution in [0.3, 0.4) is 0 Å². The molecule has 0 aromatic heterocycles. The first-order valence-corrected chi connectivity index (χ1v) is 12.0. The van der Waals surface area contributed by atoms with Gasteiger partial charge in [0.1, 0.15) is 5.57 Å². The van der Waals surface area contributed by atoms with Crippen LogP contribution in [0, 0.1) is 13.8 Å². The van der Waals surface area contributed by atoms with Crippen molar-refractivity contribution in [3.63, 3.8) is 0 Å². The Morgan fingerprint density at radius 1 is 1.03 bits per heavy atom. The summed E-state index contributed by atoms with van der Waals surface area (Å²) in [6, 6.07) is 11.9. The highest BCUT2D eigenvalue weighted by Crippen LogP contribution is 2.39. The molecule has 2 aromatic rings. The lowest BCUT2D eigenvalue weighted by Gasteiger charge is -2.43. The first-order valence-electron chi connectivity index (χ1n) is 11.6. The predicted octanol–water partition coefficient (Wildman–Crippen LogP) is 5.55. The Morgan fingerprint density at radius 2 is 1.74 bits per heavy atom. The SMILES string of the molecule is CCCN1c2ccc(/C=C3/C(=O)NC(=S)N(c4ccc(C)cc4C)C3=O)cc2C(C)=CC1(C)C. The summed E-state index contributed by atoms with van der Waals surface area (Å²) in [7, 11) is 0. The fraction of sp³-hybridized carbons (Fsp3) is 0.321. The van der Waals surface area contributed by atoms with Gasteiger partial charge in [-0.2, -0.15) is 0 Å². The molecule has 34 heavy (non-hydrogen) atoms. The molecule has 0 aliphatic carbocycles. The van der Waals surface area contributed by atoms with Gasteiger partial charge in [0, 0.05) is 17.8 Å². The minimum atomic E-state index is -0.477. The molecule has 1 saturated heterocycles. The third-order valence-electron chi connectivity index (χ3n) is 6.45. The molecule has 2 amide bonds. The standard InChI is InChI=1S/C28H31N3O2S/c1-7-12-30-24-11-9-20(14-21(24)19(4)16-28(30,5)6)15-22-25(32)29-27(34)31(26(22)33)23-10-8-17(2)13-18(23)3/h8-11,13-16H,7,12H2,1-6H3,(H,29,32,34)/b22-15-. The average molecular weight is 474 g/mol. The summed E-state index contributed by atoms with van der Waals surface area (Å²) in [5, 5.41) is 2.78. The van der Waals surface area contributed by atoms with Crippen molar-refractivity contribution in [1.29, 1.82) is 0 Å². The molecule has 0 atom stereocenters. The lowest BCUT2D eigenvalue weighted by Crippen LogP contribution is -2.54. The quantitative estimate of drug-likeness (QED) is 0.360. The number of thiocarbonyl (C=S) groups is 1. The predicted molar refractivity (Wildman–Crippen MR) is 144 cm³/mol. The van der Waals surface area contributed by atoms with Gasteiger partial charge in [0.15, 0.2) is 5.11 Å². The minimum absolute atomic E-state index is 0.0664. The molecular weight excluding hydrogens is 442 g/mol. The summed E-state index contributed by atoms with van der Waals surface area (Å²) in [4.78, 5) is 30.0. The van der Waals surface area contributed by atoms with Crippen molar-refractivity contribution in [1.82, 2.24) is 5.32 Å². The number of nitrogens with zero attached hydrogens (tertiary/aromatic N) is 2. The monoisotopic (exact) mass is 473 g/mol. The molecule has 0 spiro atoms. The van der Waals surface area contributed by atoms with E-state index in [-0.39, 0.29) is 16.2 Å². The van der Waals surface area contributed by atoms with Crippen molar-refractivity contribution < 1.29 is 9.59 Å². The van der Waals surface area contributed by atoms with Crippen LogP contribution < -0.4 is 15.1 Å². The maximum atomic E-state index is 13.5. The number of fused-ring (bicyclic) bond motifs is 1. The third kappa shape index (κ3) is 4.18. The molecular formula is C28H31N3O2S. The van der Waals surface area contributed by atoms with E-state index >= 15 is 0 Å². The fourth-order valence-corrected chi connectivity index (χ4v) is 5.20. The largest absolute Gasteiger partial charge is 0.362 e. The van der Waals surface area contributed by atoms with E-state index < -0.39 is 11.8 Å². The summed E-state index contributed by atoms with van der Waals surface area (Å²) >= 11 is 5.36. The van der Waals surface area contributed by atoms with Crippen LogP contribution in [0.1, 0.15) is 56.4 Å². The highest BCUT2D eigenvalue weighted by atomic mass is 32.1. The van der Waals surface area contributed by atoms with Gasteiger partial charge in [0.05, 0.1) is 11.2 Å². The van der Waals surface area contributed by atoms with E-state index in [2.05, 4.69) is 56.1 Å². The number of hydrogen-bond acceptors (Lipinski definition) is 4. The second-order valence-electron chi connectivity index (χ2n) is 9.66. The Labute approximate surface area is 207 Å². The van der Waals surface area contributed by atoms with Gasteiger partial charge in [-0.05, 0) is 94.2 Å². The van der Waals surface area contributed by atoms with Crippen molar-refractivity contribution in [3.05, 3.63) is 70.3 Å². The number of aryl methyl sites for hydroxylation is 2. The van der Waals surface area contributed by atoms with Gasteiger partial charge in [0.25, 0.3) is 11.8 Å². The van der Waals surface area contributed by atoms with Crippen LogP contribution >= 0.6 is 12.2 Å². The van der Waals surface area contributed by atoms with Gasteiger partial charge in [0.2, 0.25) is 0 Å². The van der Waals surface area contributed by atoms with Crippen LogP contribution in [0.2, 0.25) is 0 Å². The van der Waals surface area contributed by atoms with Gasteiger partial charge >= 0.3 is 0 Å². The van der Waals surface area contributed by atoms with Crippen molar-refractivity contribution in [3.8, 4) is 0 Å². The Balaban J connectivity index is 1.75. The van der Waals surface area contributed by atoms with Gasteiger partial charge in [-0.1, -0.05) is 36.8 Å². The van der Waals surface area contributed by atoms with Crippen molar-refractivity contribution in [2.75, 3.05) is 16.3 Å². The normalized spacial score (nSPS) is 18.7. The topological polar surface area (TPSA) is 52.7 Å². The number of carbonyl (C=O) groups is 2. The highest BCUT2D eigenvalue weighted by molar-refractivity contribution is 7.80. The van der Waals surface area contributed by atoms with Gasteiger partial charge in [-0.25, -0.2) is 0 Å². The Hall–Kier alpha value is -3.25. The maximum absolute atomic E-state index is 13.5. The van der Waals surface area contributed by atoms with Crippen molar-refractivity contribution in [2.45, 2.75) is 53.5 Å². The molecule has 2 aliphatic rings. The zero-order chi connectivity index (χ0) is 24.8. The van der Waals surface area contributed by atoms with Crippen molar-refractivity contribution >= 4 is 52.2 Å². The zero-order valence-electron chi connectivity index (χ0n) is 20.7. The molecule has 2 heterocycles. The zero-order valence-corrected chi connectivity index (χ0v) is 21.5. The number of benzene rings is 2. The van der Waals surface area contributed by atoms with Crippen LogP contribution in [0.5, 0.6) is 0 Å². The molecule has 6 heteroatoms. The second-order valence-corrected chi connectivity index (χ2v) is 10.0. The van der Waals surface area contributed by atoms with Gasteiger partial charge < -0.3 is 4.90 Å². The van der Waals surface area contributed by atoms with Crippen LogP contribution in [0.25, 0.3) is 11.6 Å². The van der Waals surface area contributed by atoms with Gasteiger partial charge in [-0.3, -0.25) is 19.8 Å². The molecule has 4 rings (SSSR count). The number of hydrogen-bond donors (Lipinski definition) is 1. The summed E-state index contributed by atoms with van der Waals surface area (Å²) < 4.78 is 0. The Kier molecular flexibility index (Phi) is 6.21. The molecule has 0 radical (unpaired) electrons. The van der Waals surface area contributed by atoms with Crippen LogP contribution in [-0.4, -0.2) is 29.0 Å². The number of rotatable bonds is 4. The molecule has 0 unspecified atom stereocenters. The van der Waals surface area contributed by atoms with Crippen LogP contribution in [-0.2, 0) is 9.59 Å². The van der Waals surface area contributed by atoms with E-state index in [1.807, 2.05) is 38.1 Å². The molecule has 0 saturated carbocycles. The first kappa shape index (κ1) is 23.9. The smallest absolute Gasteiger partial charge is 0.270 e. The molecule has 2 aromatic carbocycles. The Morgan fingerprint density at radius 3 is 2.41 bits per heavy atom. The van der Waals surface area contributed by atoms with Crippen molar-refractivity contribution in [2.24, 2.45) is 0 Å². The molecule has 5 nitrogen and oxygen atoms in total. The Bertz CT molecular complexity index is 1270. The van der Waals surface area contributed by atoms with Gasteiger partial charge in [-0.15, -0.1) is 0 Å². The van der Waals surface area contributed by atoms with E-state index in [0.717, 1.165) is 35.2 Å². The van der Waals surface area contributed by atoms with Crippen LogP contribution in [0.4, 0.5) is 11.4 Å². The number of allylic oxidation sites excluding steroid dienone is 1. The molecule has 0 bridgehead atoms. The molecule has 2 aliphatic heterocycles. The summed E-state index contributed by atoms with van der Waals surface area (Å²) in [6.07, 6.45) is 4.98. The fourth-order valence-electron chi connectivity index (χ4n) is 4.92. The molecule has 1 N–H and O–H groups in total. The summed E-state index contributed by atoms with van der Waals surface area (Å²) in [5.41, 5.74) is 6.95. The van der Waals surface area contributed by atoms with Crippen LogP contribution in [0.15, 0.2) is 48.0 Å². The van der Waals surface area contributed by atoms with E-state index in [4.69, 9.17) is 12.2 Å². The minimum Gasteiger partial charge on any atom is -0.362 e. The van der Waals surface area contributed by atoms with E-state index in [9.17, 15) is 9.59 Å². The summed E-state index contributed by atoms with van der Waals surface area (Å²) in [5.74, 6) is -0.894. The lowest BCUT2D eigenvalue weighted by molar-refractivity contribution is -0.122. The highest BCUT2D eigenvalue weighted by Gasteiger charge is 2.35. The second kappa shape index (κ2) is 8.84.